The highest BCUT2D eigenvalue weighted by atomic mass is 79.9. The molecule has 1 atom stereocenters. The number of aromatic nitrogens is 2. The molecule has 0 aliphatic rings. The van der Waals surface area contributed by atoms with Crippen molar-refractivity contribution in [3.05, 3.63) is 28.7 Å². The van der Waals surface area contributed by atoms with E-state index in [-0.39, 0.29) is 5.25 Å². The highest BCUT2D eigenvalue weighted by Crippen LogP contribution is 2.26. The Morgan fingerprint density at radius 3 is 2.71 bits per heavy atom. The van der Waals surface area contributed by atoms with Crippen molar-refractivity contribution in [3.8, 4) is 17.5 Å². The van der Waals surface area contributed by atoms with Gasteiger partial charge in [0.05, 0.1) is 11.3 Å². The van der Waals surface area contributed by atoms with Gasteiger partial charge in [0.1, 0.15) is 0 Å². The molecule has 0 amide bonds. The third-order valence-corrected chi connectivity index (χ3v) is 3.31. The maximum atomic E-state index is 8.68. The largest absolute Gasteiger partial charge is 0.411 e. The molecule has 1 aromatic heterocycles. The lowest BCUT2D eigenvalue weighted by atomic mass is 10.2. The van der Waals surface area contributed by atoms with Gasteiger partial charge in [-0.25, -0.2) is 0 Å². The van der Waals surface area contributed by atoms with E-state index in [1.807, 2.05) is 24.3 Å². The Labute approximate surface area is 111 Å². The maximum Gasteiger partial charge on any atom is 0.278 e. The van der Waals surface area contributed by atoms with Gasteiger partial charge in [-0.05, 0) is 43.0 Å². The van der Waals surface area contributed by atoms with Crippen LogP contribution in [0.25, 0.3) is 11.5 Å². The molecule has 0 saturated heterocycles. The fourth-order valence-corrected chi connectivity index (χ4v) is 1.98. The summed E-state index contributed by atoms with van der Waals surface area (Å²) in [4.78, 5) is 0. The molecule has 4 nitrogen and oxygen atoms in total. The standard InChI is InChI=1S/C11H8BrN3OS/c1-7(6-13)17-11-15-14-10(16-11)8-2-4-9(12)5-3-8/h2-5,7H,1H3/t7-/m1/s1. The van der Waals surface area contributed by atoms with Gasteiger partial charge in [-0.2, -0.15) is 5.26 Å². The van der Waals surface area contributed by atoms with Gasteiger partial charge in [-0.1, -0.05) is 15.9 Å². The van der Waals surface area contributed by atoms with E-state index in [4.69, 9.17) is 9.68 Å². The van der Waals surface area contributed by atoms with Crippen molar-refractivity contribution < 1.29 is 4.42 Å². The van der Waals surface area contributed by atoms with Crippen LogP contribution >= 0.6 is 27.7 Å². The summed E-state index contributed by atoms with van der Waals surface area (Å²) in [5.41, 5.74) is 0.858. The summed E-state index contributed by atoms with van der Waals surface area (Å²) in [7, 11) is 0. The number of thioether (sulfide) groups is 1. The van der Waals surface area contributed by atoms with E-state index in [1.54, 1.807) is 6.92 Å². The van der Waals surface area contributed by atoms with Crippen LogP contribution in [0.2, 0.25) is 0 Å². The van der Waals surface area contributed by atoms with E-state index in [9.17, 15) is 0 Å². The minimum absolute atomic E-state index is 0.201. The van der Waals surface area contributed by atoms with Gasteiger partial charge in [0.25, 0.3) is 5.22 Å². The highest BCUT2D eigenvalue weighted by Gasteiger charge is 2.11. The van der Waals surface area contributed by atoms with Crippen LogP contribution in [0, 0.1) is 11.3 Å². The SMILES string of the molecule is C[C@H](C#N)Sc1nnc(-c2ccc(Br)cc2)o1. The minimum Gasteiger partial charge on any atom is -0.411 e. The quantitative estimate of drug-likeness (QED) is 0.812. The first-order chi connectivity index (χ1) is 8.19. The molecule has 6 heteroatoms. The number of hydrogen-bond acceptors (Lipinski definition) is 5. The van der Waals surface area contributed by atoms with E-state index in [1.165, 1.54) is 11.8 Å². The highest BCUT2D eigenvalue weighted by molar-refractivity contribution is 9.10. The number of nitrogens with zero attached hydrogens (tertiary/aromatic N) is 3. The van der Waals surface area contributed by atoms with E-state index in [0.29, 0.717) is 11.1 Å². The molecular formula is C11H8BrN3OS. The zero-order chi connectivity index (χ0) is 12.3. The number of hydrogen-bond donors (Lipinski definition) is 0. The lowest BCUT2D eigenvalue weighted by Gasteiger charge is -1.95. The summed E-state index contributed by atoms with van der Waals surface area (Å²) in [6.45, 7) is 1.79. The van der Waals surface area contributed by atoms with Crippen LogP contribution in [0.15, 0.2) is 38.4 Å². The second-order valence-corrected chi connectivity index (χ2v) is 5.48. The van der Waals surface area contributed by atoms with Crippen molar-refractivity contribution in [1.29, 1.82) is 5.26 Å². The van der Waals surface area contributed by atoms with E-state index < -0.39 is 0 Å². The molecule has 2 aromatic rings. The molecule has 17 heavy (non-hydrogen) atoms. The van der Waals surface area contributed by atoms with Crippen LogP contribution in [-0.4, -0.2) is 15.4 Å². The van der Waals surface area contributed by atoms with Crippen LogP contribution in [0.5, 0.6) is 0 Å². The Kier molecular flexibility index (Phi) is 3.82. The summed E-state index contributed by atoms with van der Waals surface area (Å²) in [5, 5.41) is 16.7. The van der Waals surface area contributed by atoms with Crippen LogP contribution in [0.1, 0.15) is 6.92 Å². The lowest BCUT2D eigenvalue weighted by molar-refractivity contribution is 0.465. The predicted molar refractivity (Wildman–Crippen MR) is 68.4 cm³/mol. The molecule has 0 bridgehead atoms. The molecule has 0 aliphatic carbocycles. The van der Waals surface area contributed by atoms with Crippen molar-refractivity contribution >= 4 is 27.7 Å². The van der Waals surface area contributed by atoms with Gasteiger partial charge < -0.3 is 4.42 Å². The first-order valence-corrected chi connectivity index (χ1v) is 6.52. The number of benzene rings is 1. The van der Waals surface area contributed by atoms with Crippen LogP contribution < -0.4 is 0 Å². The molecule has 0 unspecified atom stereocenters. The normalized spacial score (nSPS) is 12.1. The van der Waals surface area contributed by atoms with E-state index in [0.717, 1.165) is 10.0 Å². The molecule has 1 aromatic carbocycles. The average Bonchev–Trinajstić information content (AvgIpc) is 2.78. The first kappa shape index (κ1) is 12.1. The fraction of sp³-hybridized carbons (Fsp3) is 0.182. The van der Waals surface area contributed by atoms with Gasteiger partial charge in [0.15, 0.2) is 0 Å². The topological polar surface area (TPSA) is 62.7 Å². The van der Waals surface area contributed by atoms with Crippen molar-refractivity contribution in [1.82, 2.24) is 10.2 Å². The number of nitriles is 1. The summed E-state index contributed by atoms with van der Waals surface area (Å²) in [6.07, 6.45) is 0. The lowest BCUT2D eigenvalue weighted by Crippen LogP contribution is -1.88. The molecule has 0 fully saturated rings. The molecule has 86 valence electrons. The molecule has 1 heterocycles. The van der Waals surface area contributed by atoms with Gasteiger partial charge >= 0.3 is 0 Å². The van der Waals surface area contributed by atoms with Crippen molar-refractivity contribution in [2.75, 3.05) is 0 Å². The monoisotopic (exact) mass is 309 g/mol. The minimum atomic E-state index is -0.201. The second kappa shape index (κ2) is 5.34. The molecule has 0 saturated carbocycles. The average molecular weight is 310 g/mol. The van der Waals surface area contributed by atoms with Crippen LogP contribution in [0.3, 0.4) is 0 Å². The maximum absolute atomic E-state index is 8.68. The smallest absolute Gasteiger partial charge is 0.278 e. The van der Waals surface area contributed by atoms with Gasteiger partial charge in [0.2, 0.25) is 5.89 Å². The fourth-order valence-electron chi connectivity index (χ4n) is 1.14. The predicted octanol–water partition coefficient (Wildman–Crippen LogP) is 3.50. The molecule has 0 radical (unpaired) electrons. The zero-order valence-corrected chi connectivity index (χ0v) is 11.3. The third kappa shape index (κ3) is 3.08. The Morgan fingerprint density at radius 1 is 1.35 bits per heavy atom. The zero-order valence-electron chi connectivity index (χ0n) is 8.92. The van der Waals surface area contributed by atoms with Crippen molar-refractivity contribution in [2.24, 2.45) is 0 Å². The van der Waals surface area contributed by atoms with E-state index >= 15 is 0 Å². The number of rotatable bonds is 3. The number of halogens is 1. The third-order valence-electron chi connectivity index (χ3n) is 1.96. The second-order valence-electron chi connectivity index (χ2n) is 3.27. The van der Waals surface area contributed by atoms with E-state index in [2.05, 4.69) is 32.2 Å². The Bertz CT molecular complexity index is 547. The van der Waals surface area contributed by atoms with Crippen LogP contribution in [0.4, 0.5) is 0 Å². The molecular weight excluding hydrogens is 302 g/mol. The summed E-state index contributed by atoms with van der Waals surface area (Å²) >= 11 is 4.61. The summed E-state index contributed by atoms with van der Waals surface area (Å²) < 4.78 is 6.45. The first-order valence-electron chi connectivity index (χ1n) is 4.85. The molecule has 2 rings (SSSR count). The molecule has 0 N–H and O–H groups in total. The molecule has 0 aliphatic heterocycles. The van der Waals surface area contributed by atoms with Gasteiger partial charge in [-0.15, -0.1) is 10.2 Å². The Balaban J connectivity index is 2.18. The van der Waals surface area contributed by atoms with Crippen molar-refractivity contribution in [2.45, 2.75) is 17.4 Å². The van der Waals surface area contributed by atoms with Gasteiger partial charge in [-0.3, -0.25) is 0 Å². The van der Waals surface area contributed by atoms with Crippen molar-refractivity contribution in [3.63, 3.8) is 0 Å². The van der Waals surface area contributed by atoms with Crippen LogP contribution in [-0.2, 0) is 0 Å². The molecule has 0 spiro atoms. The summed E-state index contributed by atoms with van der Waals surface area (Å²) in [6, 6.07) is 9.69. The van der Waals surface area contributed by atoms with Gasteiger partial charge in [0, 0.05) is 10.0 Å². The Morgan fingerprint density at radius 2 is 2.06 bits per heavy atom. The Hall–Kier alpha value is -1.32. The summed E-state index contributed by atoms with van der Waals surface area (Å²) in [5.74, 6) is 0.463.